The largest absolute Gasteiger partial charge is 0.368 e. The van der Waals surface area contributed by atoms with Crippen molar-refractivity contribution in [2.24, 2.45) is 5.92 Å². The van der Waals surface area contributed by atoms with Crippen LogP contribution in [0.4, 0.5) is 0 Å². The molecule has 2 aromatic heterocycles. The fraction of sp³-hybridized carbons (Fsp3) is 0.609. The summed E-state index contributed by atoms with van der Waals surface area (Å²) in [5.74, 6) is 1.67. The minimum Gasteiger partial charge on any atom is -0.368 e. The number of nitrogens with zero attached hydrogens (tertiary/aromatic N) is 3. The normalized spacial score (nSPS) is 20.8. The lowest BCUT2D eigenvalue weighted by Gasteiger charge is -2.34. The molecule has 2 fully saturated rings. The summed E-state index contributed by atoms with van der Waals surface area (Å²) in [4.78, 5) is 19.7. The van der Waals surface area contributed by atoms with Gasteiger partial charge in [0, 0.05) is 19.4 Å². The number of hydrogen-bond donors (Lipinski definition) is 0. The Balaban J connectivity index is 1.47. The van der Waals surface area contributed by atoms with E-state index in [1.54, 1.807) is 0 Å². The summed E-state index contributed by atoms with van der Waals surface area (Å²) in [5.41, 5.74) is 3.53. The Morgan fingerprint density at radius 2 is 2.07 bits per heavy atom. The molecule has 1 atom stereocenters. The van der Waals surface area contributed by atoms with Crippen LogP contribution < -0.4 is 0 Å². The van der Waals surface area contributed by atoms with Crippen LogP contribution in [0.2, 0.25) is 0 Å². The zero-order valence-corrected chi connectivity index (χ0v) is 17.5. The first kappa shape index (κ1) is 20.1. The van der Waals surface area contributed by atoms with Crippen LogP contribution in [-0.4, -0.2) is 40.6 Å². The van der Waals surface area contributed by atoms with E-state index >= 15 is 0 Å². The molecule has 1 amide bonds. The van der Waals surface area contributed by atoms with Crippen LogP contribution in [0.3, 0.4) is 0 Å². The van der Waals surface area contributed by atoms with E-state index in [1.165, 1.54) is 32.1 Å². The SMILES string of the molecule is CCc1onc(C)c1-c1cccc([C@H]2CN(C(=O)CC3CCCCC3)CCO2)n1. The van der Waals surface area contributed by atoms with Crippen LogP contribution in [-0.2, 0) is 16.0 Å². The second-order valence-corrected chi connectivity index (χ2v) is 8.27. The number of amides is 1. The molecule has 1 aliphatic heterocycles. The summed E-state index contributed by atoms with van der Waals surface area (Å²) in [6, 6.07) is 5.96. The molecule has 0 N–H and O–H groups in total. The van der Waals surface area contributed by atoms with Gasteiger partial charge in [0.25, 0.3) is 0 Å². The number of aromatic nitrogens is 2. The zero-order chi connectivity index (χ0) is 20.2. The first-order valence-electron chi connectivity index (χ1n) is 11.0. The quantitative estimate of drug-likeness (QED) is 0.744. The standard InChI is InChI=1S/C23H31N3O3/c1-3-20-23(16(2)25-29-20)19-11-7-10-18(24-19)21-15-26(12-13-28-21)22(27)14-17-8-5-4-6-9-17/h7,10-11,17,21H,3-6,8-9,12-15H2,1-2H3/t21-/m1/s1. The molecule has 4 rings (SSSR count). The zero-order valence-electron chi connectivity index (χ0n) is 17.5. The number of carbonyl (C=O) groups excluding carboxylic acids is 1. The molecule has 6 heteroatoms. The van der Waals surface area contributed by atoms with Gasteiger partial charge in [-0.3, -0.25) is 4.79 Å². The monoisotopic (exact) mass is 397 g/mol. The van der Waals surface area contributed by atoms with Crippen molar-refractivity contribution in [1.29, 1.82) is 0 Å². The van der Waals surface area contributed by atoms with Gasteiger partial charge in [0.15, 0.2) is 0 Å². The van der Waals surface area contributed by atoms with Gasteiger partial charge in [0.1, 0.15) is 11.9 Å². The Morgan fingerprint density at radius 3 is 2.86 bits per heavy atom. The number of ether oxygens (including phenoxy) is 1. The van der Waals surface area contributed by atoms with E-state index < -0.39 is 0 Å². The van der Waals surface area contributed by atoms with E-state index in [4.69, 9.17) is 14.2 Å². The van der Waals surface area contributed by atoms with E-state index in [0.717, 1.165) is 34.8 Å². The van der Waals surface area contributed by atoms with Crippen molar-refractivity contribution in [2.75, 3.05) is 19.7 Å². The first-order chi connectivity index (χ1) is 14.2. The molecule has 2 aliphatic rings. The van der Waals surface area contributed by atoms with E-state index in [2.05, 4.69) is 5.16 Å². The molecule has 29 heavy (non-hydrogen) atoms. The Bertz CT molecular complexity index is 842. The van der Waals surface area contributed by atoms with Gasteiger partial charge in [-0.05, 0) is 37.8 Å². The molecular weight excluding hydrogens is 366 g/mol. The predicted octanol–water partition coefficient (Wildman–Crippen LogP) is 4.48. The summed E-state index contributed by atoms with van der Waals surface area (Å²) >= 11 is 0. The van der Waals surface area contributed by atoms with Crippen molar-refractivity contribution in [2.45, 2.75) is 64.9 Å². The lowest BCUT2D eigenvalue weighted by Crippen LogP contribution is -2.43. The van der Waals surface area contributed by atoms with Crippen LogP contribution in [0.25, 0.3) is 11.3 Å². The van der Waals surface area contributed by atoms with E-state index in [9.17, 15) is 4.79 Å². The highest BCUT2D eigenvalue weighted by molar-refractivity contribution is 5.76. The molecule has 1 aliphatic carbocycles. The second-order valence-electron chi connectivity index (χ2n) is 8.27. The van der Waals surface area contributed by atoms with Gasteiger partial charge in [-0.1, -0.05) is 37.4 Å². The summed E-state index contributed by atoms with van der Waals surface area (Å²) in [7, 11) is 0. The maximum atomic E-state index is 12.9. The average molecular weight is 398 g/mol. The second kappa shape index (κ2) is 9.08. The molecule has 2 aromatic rings. The number of morpholine rings is 1. The number of carbonyl (C=O) groups is 1. The van der Waals surface area contributed by atoms with Crippen molar-refractivity contribution in [3.63, 3.8) is 0 Å². The maximum Gasteiger partial charge on any atom is 0.223 e. The number of rotatable bonds is 5. The van der Waals surface area contributed by atoms with Gasteiger partial charge < -0.3 is 14.2 Å². The summed E-state index contributed by atoms with van der Waals surface area (Å²) < 4.78 is 11.4. The maximum absolute atomic E-state index is 12.9. The van der Waals surface area contributed by atoms with Gasteiger partial charge >= 0.3 is 0 Å². The van der Waals surface area contributed by atoms with Crippen LogP contribution in [0, 0.1) is 12.8 Å². The van der Waals surface area contributed by atoms with Gasteiger partial charge in [-0.25, -0.2) is 4.98 Å². The summed E-state index contributed by atoms with van der Waals surface area (Å²) in [6.45, 7) is 5.79. The van der Waals surface area contributed by atoms with Crippen molar-refractivity contribution in [3.8, 4) is 11.3 Å². The summed E-state index contributed by atoms with van der Waals surface area (Å²) in [6.07, 6.45) is 7.50. The molecule has 156 valence electrons. The Morgan fingerprint density at radius 1 is 1.24 bits per heavy atom. The topological polar surface area (TPSA) is 68.5 Å². The van der Waals surface area contributed by atoms with Crippen molar-refractivity contribution in [1.82, 2.24) is 15.0 Å². The fourth-order valence-electron chi connectivity index (χ4n) is 4.58. The van der Waals surface area contributed by atoms with Crippen LogP contribution in [0.1, 0.15) is 68.7 Å². The molecule has 1 saturated carbocycles. The molecule has 0 bridgehead atoms. The number of hydrogen-bond acceptors (Lipinski definition) is 5. The van der Waals surface area contributed by atoms with Crippen LogP contribution in [0.15, 0.2) is 22.7 Å². The van der Waals surface area contributed by atoms with E-state index in [1.807, 2.05) is 36.9 Å². The Kier molecular flexibility index (Phi) is 6.28. The molecule has 6 nitrogen and oxygen atoms in total. The highest BCUT2D eigenvalue weighted by Crippen LogP contribution is 2.30. The third-order valence-electron chi connectivity index (χ3n) is 6.22. The minimum absolute atomic E-state index is 0.191. The van der Waals surface area contributed by atoms with Gasteiger partial charge in [0.05, 0.1) is 35.8 Å². The third kappa shape index (κ3) is 4.53. The third-order valence-corrected chi connectivity index (χ3v) is 6.22. The lowest BCUT2D eigenvalue weighted by molar-refractivity contribution is -0.140. The van der Waals surface area contributed by atoms with Gasteiger partial charge in [0.2, 0.25) is 5.91 Å². The van der Waals surface area contributed by atoms with E-state index in [-0.39, 0.29) is 12.0 Å². The molecule has 0 unspecified atom stereocenters. The Labute approximate surface area is 172 Å². The van der Waals surface area contributed by atoms with Crippen molar-refractivity contribution < 1.29 is 14.1 Å². The molecule has 0 radical (unpaired) electrons. The number of pyridine rings is 1. The predicted molar refractivity (Wildman–Crippen MR) is 110 cm³/mol. The molecule has 3 heterocycles. The van der Waals surface area contributed by atoms with Gasteiger partial charge in [-0.2, -0.15) is 0 Å². The minimum atomic E-state index is -0.191. The number of aryl methyl sites for hydroxylation is 2. The molecule has 0 spiro atoms. The van der Waals surface area contributed by atoms with Crippen LogP contribution in [0.5, 0.6) is 0 Å². The molecule has 1 saturated heterocycles. The lowest BCUT2D eigenvalue weighted by atomic mass is 9.86. The highest BCUT2D eigenvalue weighted by Gasteiger charge is 2.28. The summed E-state index contributed by atoms with van der Waals surface area (Å²) in [5, 5.41) is 4.10. The van der Waals surface area contributed by atoms with E-state index in [0.29, 0.717) is 32.0 Å². The Hall–Kier alpha value is -2.21. The van der Waals surface area contributed by atoms with Crippen LogP contribution >= 0.6 is 0 Å². The van der Waals surface area contributed by atoms with Crippen molar-refractivity contribution in [3.05, 3.63) is 35.3 Å². The van der Waals surface area contributed by atoms with Crippen molar-refractivity contribution >= 4 is 5.91 Å². The van der Waals surface area contributed by atoms with Gasteiger partial charge in [-0.15, -0.1) is 0 Å². The smallest absolute Gasteiger partial charge is 0.223 e. The average Bonchev–Trinajstić information content (AvgIpc) is 3.15. The highest BCUT2D eigenvalue weighted by atomic mass is 16.5. The first-order valence-corrected chi connectivity index (χ1v) is 11.0. The fourth-order valence-corrected chi connectivity index (χ4v) is 4.58. The molecule has 0 aromatic carbocycles. The molecular formula is C23H31N3O3.